The molecule has 1 fully saturated rings. The van der Waals surface area contributed by atoms with Crippen LogP contribution in [-0.2, 0) is 11.3 Å². The van der Waals surface area contributed by atoms with E-state index in [1.165, 1.54) is 5.56 Å². The minimum Gasteiger partial charge on any atom is -0.353 e. The molecule has 2 N–H and O–H groups in total. The fourth-order valence-corrected chi connectivity index (χ4v) is 3.43. The number of rotatable bonds is 6. The molecule has 0 aliphatic carbocycles. The van der Waals surface area contributed by atoms with Gasteiger partial charge in [0.25, 0.3) is 0 Å². The number of nitrogens with one attached hydrogen (secondary N) is 2. The fourth-order valence-electron chi connectivity index (χ4n) is 3.43. The average molecular weight is 303 g/mol. The topological polar surface area (TPSA) is 44.4 Å². The van der Waals surface area contributed by atoms with Crippen LogP contribution < -0.4 is 10.6 Å². The van der Waals surface area contributed by atoms with Crippen molar-refractivity contribution in [1.82, 2.24) is 15.5 Å². The molecule has 2 atom stereocenters. The molecule has 122 valence electrons. The molecular weight excluding hydrogens is 274 g/mol. The maximum absolute atomic E-state index is 12.0. The van der Waals surface area contributed by atoms with Crippen molar-refractivity contribution in [1.29, 1.82) is 0 Å². The number of benzene rings is 1. The highest BCUT2D eigenvalue weighted by Gasteiger charge is 2.32. The lowest BCUT2D eigenvalue weighted by Gasteiger charge is -2.41. The molecule has 0 radical (unpaired) electrons. The summed E-state index contributed by atoms with van der Waals surface area (Å²) >= 11 is 0. The molecule has 1 aromatic rings. The van der Waals surface area contributed by atoms with Gasteiger partial charge in [0.1, 0.15) is 0 Å². The maximum Gasteiger partial charge on any atom is 0.221 e. The van der Waals surface area contributed by atoms with Crippen LogP contribution in [0.25, 0.3) is 0 Å². The van der Waals surface area contributed by atoms with Crippen molar-refractivity contribution >= 4 is 5.91 Å². The standard InChI is InChI=1S/C18H29N3O/c1-14-11-21(13-16-7-5-4-6-8-16)12-15(2)18(14)20-17(22)9-10-19-3/h4-8,14-15,18-19H,9-13H2,1-3H3,(H,20,22). The van der Waals surface area contributed by atoms with E-state index in [9.17, 15) is 4.79 Å². The van der Waals surface area contributed by atoms with Crippen molar-refractivity contribution in [3.8, 4) is 0 Å². The second-order valence-corrected chi connectivity index (χ2v) is 6.58. The Morgan fingerprint density at radius 1 is 1.18 bits per heavy atom. The number of hydrogen-bond acceptors (Lipinski definition) is 3. The summed E-state index contributed by atoms with van der Waals surface area (Å²) < 4.78 is 0. The zero-order valence-electron chi connectivity index (χ0n) is 14.0. The number of likely N-dealkylation sites (tertiary alicyclic amines) is 1. The number of amides is 1. The Hall–Kier alpha value is -1.39. The van der Waals surface area contributed by atoms with Crippen LogP contribution in [-0.4, -0.2) is 43.5 Å². The lowest BCUT2D eigenvalue weighted by atomic mass is 9.85. The zero-order valence-corrected chi connectivity index (χ0v) is 14.0. The second kappa shape index (κ2) is 8.30. The first kappa shape index (κ1) is 17.0. The molecule has 2 rings (SSSR count). The SMILES string of the molecule is CNCCC(=O)NC1C(C)CN(Cc2ccccc2)CC1C. The third kappa shape index (κ3) is 4.82. The van der Waals surface area contributed by atoms with E-state index in [-0.39, 0.29) is 11.9 Å². The van der Waals surface area contributed by atoms with Gasteiger partial charge in [0.15, 0.2) is 0 Å². The Balaban J connectivity index is 1.87. The molecular formula is C18H29N3O. The summed E-state index contributed by atoms with van der Waals surface area (Å²) in [5.41, 5.74) is 1.36. The van der Waals surface area contributed by atoms with Crippen molar-refractivity contribution in [2.45, 2.75) is 32.9 Å². The largest absolute Gasteiger partial charge is 0.353 e. The van der Waals surface area contributed by atoms with Gasteiger partial charge in [-0.25, -0.2) is 0 Å². The minimum atomic E-state index is 0.162. The molecule has 0 saturated carbocycles. The van der Waals surface area contributed by atoms with E-state index in [4.69, 9.17) is 0 Å². The lowest BCUT2D eigenvalue weighted by Crippen LogP contribution is -2.54. The Labute approximate surface area is 134 Å². The van der Waals surface area contributed by atoms with Crippen LogP contribution >= 0.6 is 0 Å². The van der Waals surface area contributed by atoms with Gasteiger partial charge in [0.05, 0.1) is 0 Å². The monoisotopic (exact) mass is 303 g/mol. The van der Waals surface area contributed by atoms with Crippen LogP contribution in [0.5, 0.6) is 0 Å². The Bertz CT molecular complexity index is 451. The molecule has 1 saturated heterocycles. The van der Waals surface area contributed by atoms with E-state index in [0.29, 0.717) is 18.3 Å². The summed E-state index contributed by atoms with van der Waals surface area (Å²) in [6.07, 6.45) is 0.556. The van der Waals surface area contributed by atoms with Gasteiger partial charge in [-0.15, -0.1) is 0 Å². The van der Waals surface area contributed by atoms with Gasteiger partial charge in [-0.1, -0.05) is 44.2 Å². The van der Waals surface area contributed by atoms with E-state index in [0.717, 1.165) is 26.2 Å². The summed E-state index contributed by atoms with van der Waals surface area (Å²) in [4.78, 5) is 14.5. The molecule has 1 aliphatic rings. The van der Waals surface area contributed by atoms with Crippen LogP contribution in [0.4, 0.5) is 0 Å². The highest BCUT2D eigenvalue weighted by Crippen LogP contribution is 2.23. The smallest absolute Gasteiger partial charge is 0.221 e. The lowest BCUT2D eigenvalue weighted by molar-refractivity contribution is -0.123. The number of carbonyl (C=O) groups excluding carboxylic acids is 1. The van der Waals surface area contributed by atoms with E-state index < -0.39 is 0 Å². The summed E-state index contributed by atoms with van der Waals surface area (Å²) in [6, 6.07) is 10.9. The molecule has 1 aliphatic heterocycles. The number of piperidine rings is 1. The summed E-state index contributed by atoms with van der Waals surface area (Å²) in [6.45, 7) is 8.30. The predicted molar refractivity (Wildman–Crippen MR) is 90.5 cm³/mol. The molecule has 1 amide bonds. The van der Waals surface area contributed by atoms with Gasteiger partial charge in [-0.05, 0) is 24.4 Å². The highest BCUT2D eigenvalue weighted by atomic mass is 16.1. The molecule has 2 unspecified atom stereocenters. The molecule has 0 aromatic heterocycles. The average Bonchev–Trinajstić information content (AvgIpc) is 2.50. The van der Waals surface area contributed by atoms with Crippen LogP contribution in [0, 0.1) is 11.8 Å². The molecule has 0 spiro atoms. The quantitative estimate of drug-likeness (QED) is 0.843. The molecule has 4 nitrogen and oxygen atoms in total. The first-order valence-electron chi connectivity index (χ1n) is 8.30. The van der Waals surface area contributed by atoms with Gasteiger partial charge in [-0.3, -0.25) is 9.69 Å². The summed E-state index contributed by atoms with van der Waals surface area (Å²) in [7, 11) is 1.88. The van der Waals surface area contributed by atoms with Gasteiger partial charge in [0.2, 0.25) is 5.91 Å². The molecule has 22 heavy (non-hydrogen) atoms. The third-order valence-corrected chi connectivity index (χ3v) is 4.50. The number of nitrogens with zero attached hydrogens (tertiary/aromatic N) is 1. The number of carbonyl (C=O) groups is 1. The maximum atomic E-state index is 12.0. The molecule has 0 bridgehead atoms. The van der Waals surface area contributed by atoms with Gasteiger partial charge in [0, 0.05) is 38.6 Å². The fraction of sp³-hybridized carbons (Fsp3) is 0.611. The van der Waals surface area contributed by atoms with Gasteiger partial charge in [-0.2, -0.15) is 0 Å². The predicted octanol–water partition coefficient (Wildman–Crippen LogP) is 1.87. The van der Waals surface area contributed by atoms with Crippen molar-refractivity contribution < 1.29 is 4.79 Å². The molecule has 1 heterocycles. The van der Waals surface area contributed by atoms with Crippen molar-refractivity contribution in [3.63, 3.8) is 0 Å². The van der Waals surface area contributed by atoms with E-state index in [1.54, 1.807) is 0 Å². The van der Waals surface area contributed by atoms with Gasteiger partial charge >= 0.3 is 0 Å². The van der Waals surface area contributed by atoms with Crippen molar-refractivity contribution in [3.05, 3.63) is 35.9 Å². The first-order chi connectivity index (χ1) is 10.6. The zero-order chi connectivity index (χ0) is 15.9. The van der Waals surface area contributed by atoms with E-state index in [2.05, 4.69) is 59.7 Å². The minimum absolute atomic E-state index is 0.162. The summed E-state index contributed by atoms with van der Waals surface area (Å²) in [5.74, 6) is 1.12. The van der Waals surface area contributed by atoms with E-state index in [1.807, 2.05) is 7.05 Å². The van der Waals surface area contributed by atoms with Gasteiger partial charge < -0.3 is 10.6 Å². The third-order valence-electron chi connectivity index (χ3n) is 4.50. The first-order valence-corrected chi connectivity index (χ1v) is 8.30. The molecule has 4 heteroatoms. The second-order valence-electron chi connectivity index (χ2n) is 6.58. The highest BCUT2D eigenvalue weighted by molar-refractivity contribution is 5.76. The Morgan fingerprint density at radius 2 is 1.82 bits per heavy atom. The Morgan fingerprint density at radius 3 is 2.41 bits per heavy atom. The van der Waals surface area contributed by atoms with Crippen molar-refractivity contribution in [2.75, 3.05) is 26.7 Å². The summed E-state index contributed by atoms with van der Waals surface area (Å²) in [5, 5.41) is 6.26. The molecule has 1 aromatic carbocycles. The van der Waals surface area contributed by atoms with E-state index >= 15 is 0 Å². The van der Waals surface area contributed by atoms with Crippen LogP contribution in [0.2, 0.25) is 0 Å². The van der Waals surface area contributed by atoms with Crippen LogP contribution in [0.3, 0.4) is 0 Å². The normalized spacial score (nSPS) is 25.9. The van der Waals surface area contributed by atoms with Crippen molar-refractivity contribution in [2.24, 2.45) is 11.8 Å². The van der Waals surface area contributed by atoms with Crippen LogP contribution in [0.15, 0.2) is 30.3 Å². The van der Waals surface area contributed by atoms with Crippen LogP contribution in [0.1, 0.15) is 25.8 Å². The number of hydrogen-bond donors (Lipinski definition) is 2. The Kier molecular flexibility index (Phi) is 6.40.